The first-order valence-corrected chi connectivity index (χ1v) is 8.44. The Hall–Kier alpha value is -2.20. The number of benzene rings is 1. The molecule has 1 aliphatic rings. The van der Waals surface area contributed by atoms with Gasteiger partial charge >= 0.3 is 5.97 Å². The van der Waals surface area contributed by atoms with Gasteiger partial charge < -0.3 is 10.0 Å². The minimum Gasteiger partial charge on any atom is -0.481 e. The molecule has 2 rings (SSSR count). The van der Waals surface area contributed by atoms with Gasteiger partial charge in [-0.05, 0) is 32.0 Å². The van der Waals surface area contributed by atoms with Crippen molar-refractivity contribution in [3.8, 4) is 0 Å². The first-order valence-electron chi connectivity index (χ1n) is 6.96. The molecule has 0 spiro atoms. The second-order valence-electron chi connectivity index (χ2n) is 5.21. The van der Waals surface area contributed by atoms with Crippen LogP contribution < -0.4 is 9.62 Å². The Morgan fingerprint density at radius 2 is 2.00 bits per heavy atom. The summed E-state index contributed by atoms with van der Waals surface area (Å²) in [7, 11) is -2.54. The third-order valence-electron chi connectivity index (χ3n) is 3.91. The monoisotopic (exact) mass is 343 g/mol. The van der Waals surface area contributed by atoms with Crippen molar-refractivity contribution in [1.29, 1.82) is 0 Å². The maximum absolute atomic E-state index is 11.8. The molecule has 0 bridgehead atoms. The van der Waals surface area contributed by atoms with Gasteiger partial charge in [0, 0.05) is 19.2 Å². The molecule has 1 aromatic rings. The fraction of sp³-hybridized carbons (Fsp3) is 0.462. The number of nitrogens with one attached hydrogen (secondary N) is 1. The van der Waals surface area contributed by atoms with E-state index in [1.807, 2.05) is 0 Å². The van der Waals surface area contributed by atoms with Crippen LogP contribution in [0, 0.1) is 16.0 Å². The minimum absolute atomic E-state index is 0.184. The molecule has 0 aliphatic carbocycles. The lowest BCUT2D eigenvalue weighted by molar-refractivity contribution is -0.384. The second kappa shape index (κ2) is 6.50. The van der Waals surface area contributed by atoms with Crippen LogP contribution in [0.1, 0.15) is 12.8 Å². The molecule has 1 heterocycles. The Morgan fingerprint density at radius 1 is 1.39 bits per heavy atom. The normalized spacial score (nSPS) is 16.3. The summed E-state index contributed by atoms with van der Waals surface area (Å²) in [6.07, 6.45) is 0.784. The van der Waals surface area contributed by atoms with Crippen LogP contribution in [0.25, 0.3) is 0 Å². The molecule has 0 saturated carbocycles. The molecule has 0 atom stereocenters. The van der Waals surface area contributed by atoms with E-state index in [4.69, 9.17) is 5.11 Å². The predicted octanol–water partition coefficient (Wildman–Crippen LogP) is 0.804. The standard InChI is InChI=1S/C13H17N3O6S/c1-14-23(21,22)10-2-3-11(12(8-10)16(19)20)15-6-4-9(5-7-15)13(17)18/h2-3,8-9,14H,4-7H2,1H3,(H,17,18). The van der Waals surface area contributed by atoms with Crippen molar-refractivity contribution in [2.24, 2.45) is 5.92 Å². The number of sulfonamides is 1. The molecule has 0 radical (unpaired) electrons. The van der Waals surface area contributed by atoms with E-state index in [1.165, 1.54) is 19.2 Å². The first kappa shape index (κ1) is 17.2. The third-order valence-corrected chi connectivity index (χ3v) is 5.32. The van der Waals surface area contributed by atoms with E-state index in [9.17, 15) is 23.3 Å². The molecule has 10 heteroatoms. The van der Waals surface area contributed by atoms with Gasteiger partial charge in [0.1, 0.15) is 5.69 Å². The highest BCUT2D eigenvalue weighted by atomic mass is 32.2. The van der Waals surface area contributed by atoms with Gasteiger partial charge in [0.05, 0.1) is 15.7 Å². The second-order valence-corrected chi connectivity index (χ2v) is 7.10. The molecule has 126 valence electrons. The van der Waals surface area contributed by atoms with E-state index in [2.05, 4.69) is 4.72 Å². The van der Waals surface area contributed by atoms with Gasteiger partial charge in [0.2, 0.25) is 10.0 Å². The predicted molar refractivity (Wildman–Crippen MR) is 81.9 cm³/mol. The fourth-order valence-electron chi connectivity index (χ4n) is 2.57. The lowest BCUT2D eigenvalue weighted by atomic mass is 9.96. The van der Waals surface area contributed by atoms with E-state index in [0.717, 1.165) is 6.07 Å². The van der Waals surface area contributed by atoms with Crippen LogP contribution in [0.15, 0.2) is 23.1 Å². The maximum atomic E-state index is 11.8. The molecular weight excluding hydrogens is 326 g/mol. The zero-order chi connectivity index (χ0) is 17.2. The number of piperidine rings is 1. The average Bonchev–Trinajstić information content (AvgIpc) is 2.54. The average molecular weight is 343 g/mol. The van der Waals surface area contributed by atoms with Crippen LogP contribution in [0.5, 0.6) is 0 Å². The van der Waals surface area contributed by atoms with E-state index in [0.29, 0.717) is 31.6 Å². The molecule has 0 unspecified atom stereocenters. The number of carboxylic acids is 1. The first-order chi connectivity index (χ1) is 10.8. The minimum atomic E-state index is -3.77. The van der Waals surface area contributed by atoms with Crippen LogP contribution in [-0.2, 0) is 14.8 Å². The largest absolute Gasteiger partial charge is 0.481 e. The molecule has 1 aliphatic heterocycles. The van der Waals surface area contributed by atoms with E-state index in [1.54, 1.807) is 4.90 Å². The summed E-state index contributed by atoms with van der Waals surface area (Å²) >= 11 is 0. The van der Waals surface area contributed by atoms with Gasteiger partial charge in [0.15, 0.2) is 0 Å². The summed E-state index contributed by atoms with van der Waals surface area (Å²) in [6, 6.07) is 3.71. The SMILES string of the molecule is CNS(=O)(=O)c1ccc(N2CCC(C(=O)O)CC2)c([N+](=O)[O-])c1. The molecule has 1 fully saturated rings. The Balaban J connectivity index is 2.33. The Bertz CT molecular complexity index is 725. The smallest absolute Gasteiger partial charge is 0.306 e. The summed E-state index contributed by atoms with van der Waals surface area (Å²) in [4.78, 5) is 23.1. The van der Waals surface area contributed by atoms with Gasteiger partial charge in [-0.2, -0.15) is 0 Å². The number of anilines is 1. The number of rotatable bonds is 5. The number of nitro groups is 1. The van der Waals surface area contributed by atoms with Crippen LogP contribution in [0.2, 0.25) is 0 Å². The van der Waals surface area contributed by atoms with Crippen LogP contribution in [0.3, 0.4) is 0 Å². The number of nitrogens with zero attached hydrogens (tertiary/aromatic N) is 2. The summed E-state index contributed by atoms with van der Waals surface area (Å²) in [5.74, 6) is -1.32. The van der Waals surface area contributed by atoms with Crippen molar-refractivity contribution >= 4 is 27.4 Å². The Kier molecular flexibility index (Phi) is 4.85. The molecule has 0 amide bonds. The molecule has 0 aromatic heterocycles. The third kappa shape index (κ3) is 3.59. The van der Waals surface area contributed by atoms with Gasteiger partial charge in [-0.3, -0.25) is 14.9 Å². The van der Waals surface area contributed by atoms with Crippen LogP contribution in [-0.4, -0.2) is 44.6 Å². The number of carbonyl (C=O) groups is 1. The summed E-state index contributed by atoms with van der Waals surface area (Å²) < 4.78 is 25.6. The van der Waals surface area contributed by atoms with Crippen molar-refractivity contribution in [3.05, 3.63) is 28.3 Å². The highest BCUT2D eigenvalue weighted by molar-refractivity contribution is 7.89. The topological polar surface area (TPSA) is 130 Å². The molecule has 2 N–H and O–H groups in total. The van der Waals surface area contributed by atoms with Gasteiger partial charge in [-0.25, -0.2) is 13.1 Å². The molecule has 9 nitrogen and oxygen atoms in total. The number of hydrogen-bond donors (Lipinski definition) is 2. The molecule has 1 aromatic carbocycles. The van der Waals surface area contributed by atoms with Gasteiger partial charge in [-0.15, -0.1) is 0 Å². The fourth-order valence-corrected chi connectivity index (χ4v) is 3.32. The highest BCUT2D eigenvalue weighted by Gasteiger charge is 2.29. The van der Waals surface area contributed by atoms with Gasteiger partial charge in [0.25, 0.3) is 5.69 Å². The van der Waals surface area contributed by atoms with Crippen molar-refractivity contribution < 1.29 is 23.2 Å². The Labute approximate surface area is 133 Å². The van der Waals surface area contributed by atoms with Crippen molar-refractivity contribution in [2.75, 3.05) is 25.0 Å². The van der Waals surface area contributed by atoms with Crippen LogP contribution in [0.4, 0.5) is 11.4 Å². The number of hydrogen-bond acceptors (Lipinski definition) is 6. The van der Waals surface area contributed by atoms with E-state index < -0.39 is 26.8 Å². The van der Waals surface area contributed by atoms with Crippen LogP contribution >= 0.6 is 0 Å². The van der Waals surface area contributed by atoms with E-state index in [-0.39, 0.29) is 10.6 Å². The number of nitro benzene ring substituents is 1. The lowest BCUT2D eigenvalue weighted by Gasteiger charge is -2.31. The number of aliphatic carboxylic acids is 1. The van der Waals surface area contributed by atoms with Crippen molar-refractivity contribution in [3.63, 3.8) is 0 Å². The summed E-state index contributed by atoms with van der Waals surface area (Å²) in [6.45, 7) is 0.742. The van der Waals surface area contributed by atoms with Gasteiger partial charge in [-0.1, -0.05) is 0 Å². The Morgan fingerprint density at radius 3 is 2.48 bits per heavy atom. The van der Waals surface area contributed by atoms with Crippen molar-refractivity contribution in [1.82, 2.24) is 4.72 Å². The summed E-state index contributed by atoms with van der Waals surface area (Å²) in [5, 5.41) is 20.3. The molecular formula is C13H17N3O6S. The molecule has 1 saturated heterocycles. The zero-order valence-electron chi connectivity index (χ0n) is 12.4. The molecule has 23 heavy (non-hydrogen) atoms. The lowest BCUT2D eigenvalue weighted by Crippen LogP contribution is -2.36. The zero-order valence-corrected chi connectivity index (χ0v) is 13.2. The summed E-state index contributed by atoms with van der Waals surface area (Å²) in [5.41, 5.74) is -0.0102. The maximum Gasteiger partial charge on any atom is 0.306 e. The quantitative estimate of drug-likeness (QED) is 0.597. The van der Waals surface area contributed by atoms with E-state index >= 15 is 0 Å². The highest BCUT2D eigenvalue weighted by Crippen LogP contribution is 2.33. The number of carboxylic acid groups (broad SMARTS) is 1. The van der Waals surface area contributed by atoms with Crippen molar-refractivity contribution in [2.45, 2.75) is 17.7 Å².